The fraction of sp³-hybridized carbons (Fsp3) is 0.741. The minimum atomic E-state index is 0.0768. The summed E-state index contributed by atoms with van der Waals surface area (Å²) in [6.07, 6.45) is 23.2. The first-order valence-corrected chi connectivity index (χ1v) is 14.4. The van der Waals surface area contributed by atoms with Gasteiger partial charge in [-0.1, -0.05) is 0 Å². The Balaban J connectivity index is 1.23. The Hall–Kier alpha value is -0.631. The third-order valence-electron chi connectivity index (χ3n) is 10.2. The molecule has 162 valence electrons. The van der Waals surface area contributed by atoms with Crippen LogP contribution in [0.1, 0.15) is 83.1 Å². The SMILES string of the molecule is CCC(CCc1cccnc1)C1CCC2C13CCC1C4(N)CCCCC4=CCC12[Se]3. The number of fused-ring (bicyclic) bond motifs is 2. The van der Waals surface area contributed by atoms with Gasteiger partial charge < -0.3 is 0 Å². The van der Waals surface area contributed by atoms with Crippen molar-refractivity contribution < 1.29 is 0 Å². The van der Waals surface area contributed by atoms with Gasteiger partial charge in [-0.3, -0.25) is 0 Å². The number of aromatic nitrogens is 1. The van der Waals surface area contributed by atoms with Crippen molar-refractivity contribution in [3.8, 4) is 0 Å². The standard InChI is InChI=1S/C27H38N2Se/c1-2-20(9-8-19-6-5-17-29-18-19)22-10-11-24-26(22)16-13-23-25(28)14-4-3-7-21(25)12-15-27(23,24)30-26/h5-6,12,17-18,20,22-24H,2-4,7-11,13-16,28H2,1H3. The summed E-state index contributed by atoms with van der Waals surface area (Å²) in [4.78, 5) is 4.34. The van der Waals surface area contributed by atoms with Gasteiger partial charge in [-0.25, -0.2) is 0 Å². The predicted molar refractivity (Wildman–Crippen MR) is 125 cm³/mol. The Morgan fingerprint density at radius 2 is 2.10 bits per heavy atom. The van der Waals surface area contributed by atoms with E-state index in [1.165, 1.54) is 82.6 Å². The molecule has 3 saturated carbocycles. The van der Waals surface area contributed by atoms with Crippen molar-refractivity contribution in [1.29, 1.82) is 0 Å². The number of pyridine rings is 1. The van der Waals surface area contributed by atoms with E-state index in [4.69, 9.17) is 5.73 Å². The second kappa shape index (κ2) is 7.19. The van der Waals surface area contributed by atoms with Gasteiger partial charge >= 0.3 is 189 Å². The molecule has 30 heavy (non-hydrogen) atoms. The Bertz CT molecular complexity index is 837. The van der Waals surface area contributed by atoms with Gasteiger partial charge in [0.15, 0.2) is 0 Å². The fourth-order valence-electron chi connectivity index (χ4n) is 8.95. The predicted octanol–water partition coefficient (Wildman–Crippen LogP) is 6.11. The molecule has 6 rings (SSSR count). The van der Waals surface area contributed by atoms with E-state index in [2.05, 4.69) is 36.3 Å². The first-order valence-electron chi connectivity index (χ1n) is 12.7. The van der Waals surface area contributed by atoms with E-state index in [9.17, 15) is 0 Å². The molecule has 1 spiro atoms. The molecule has 1 aromatic rings. The summed E-state index contributed by atoms with van der Waals surface area (Å²) in [6, 6.07) is 4.36. The number of aryl methyl sites for hydroxylation is 1. The van der Waals surface area contributed by atoms with Crippen LogP contribution in [0.2, 0.25) is 8.63 Å². The zero-order valence-electron chi connectivity index (χ0n) is 18.6. The molecule has 0 aromatic carbocycles. The molecule has 4 aliphatic carbocycles. The van der Waals surface area contributed by atoms with E-state index >= 15 is 0 Å². The van der Waals surface area contributed by atoms with Gasteiger partial charge in [-0.05, 0) is 0 Å². The number of rotatable bonds is 5. The van der Waals surface area contributed by atoms with Gasteiger partial charge in [0.1, 0.15) is 0 Å². The number of hydrogen-bond donors (Lipinski definition) is 1. The van der Waals surface area contributed by atoms with E-state index in [1.807, 2.05) is 6.20 Å². The van der Waals surface area contributed by atoms with E-state index < -0.39 is 0 Å². The molecule has 3 heteroatoms. The molecule has 0 radical (unpaired) electrons. The summed E-state index contributed by atoms with van der Waals surface area (Å²) in [6.45, 7) is 2.46. The van der Waals surface area contributed by atoms with Gasteiger partial charge in [0.05, 0.1) is 0 Å². The van der Waals surface area contributed by atoms with Crippen molar-refractivity contribution >= 4 is 15.0 Å². The normalized spacial score (nSPS) is 44.9. The van der Waals surface area contributed by atoms with Crippen LogP contribution in [0.25, 0.3) is 0 Å². The molecular weight excluding hydrogens is 431 g/mol. The van der Waals surface area contributed by atoms with Gasteiger partial charge in [-0.15, -0.1) is 0 Å². The quantitative estimate of drug-likeness (QED) is 0.417. The number of allylic oxidation sites excluding steroid dienone is 1. The van der Waals surface area contributed by atoms with Gasteiger partial charge in [0, 0.05) is 0 Å². The van der Waals surface area contributed by atoms with Crippen LogP contribution in [0.3, 0.4) is 0 Å². The van der Waals surface area contributed by atoms with Crippen LogP contribution in [0.15, 0.2) is 36.2 Å². The maximum atomic E-state index is 7.28. The van der Waals surface area contributed by atoms with Crippen LogP contribution in [0.5, 0.6) is 0 Å². The summed E-state index contributed by atoms with van der Waals surface area (Å²) < 4.78 is 1.37. The van der Waals surface area contributed by atoms with Crippen LogP contribution < -0.4 is 5.73 Å². The minimum absolute atomic E-state index is 0.0768. The zero-order chi connectivity index (χ0) is 20.4. The van der Waals surface area contributed by atoms with Gasteiger partial charge in [0.2, 0.25) is 0 Å². The van der Waals surface area contributed by atoms with Crippen molar-refractivity contribution in [1.82, 2.24) is 4.98 Å². The van der Waals surface area contributed by atoms with Crippen molar-refractivity contribution in [2.24, 2.45) is 29.4 Å². The topological polar surface area (TPSA) is 38.9 Å². The molecule has 2 nitrogen and oxygen atoms in total. The molecular formula is C27H38N2Se. The molecule has 1 saturated heterocycles. The third kappa shape index (κ3) is 2.61. The molecule has 2 heterocycles. The molecule has 7 unspecified atom stereocenters. The average molecular weight is 470 g/mol. The van der Waals surface area contributed by atoms with Crippen LogP contribution in [0, 0.1) is 23.7 Å². The van der Waals surface area contributed by atoms with Crippen LogP contribution >= 0.6 is 0 Å². The van der Waals surface area contributed by atoms with Crippen molar-refractivity contribution in [3.63, 3.8) is 0 Å². The maximum absolute atomic E-state index is 7.28. The Labute approximate surface area is 189 Å². The first kappa shape index (κ1) is 20.0. The zero-order valence-corrected chi connectivity index (χ0v) is 20.3. The van der Waals surface area contributed by atoms with E-state index in [0.29, 0.717) is 4.31 Å². The van der Waals surface area contributed by atoms with Gasteiger partial charge in [0.25, 0.3) is 0 Å². The van der Waals surface area contributed by atoms with E-state index in [1.54, 1.807) is 5.57 Å². The van der Waals surface area contributed by atoms with Crippen molar-refractivity contribution in [2.75, 3.05) is 0 Å². The number of nitrogens with two attached hydrogens (primary N) is 1. The Kier molecular flexibility index (Phi) is 4.80. The van der Waals surface area contributed by atoms with Crippen LogP contribution in [-0.2, 0) is 6.42 Å². The summed E-state index contributed by atoms with van der Waals surface area (Å²) >= 11 is 0.794. The molecule has 1 aliphatic heterocycles. The second-order valence-corrected chi connectivity index (χ2v) is 14.7. The van der Waals surface area contributed by atoms with Crippen molar-refractivity contribution in [3.05, 3.63) is 41.7 Å². The van der Waals surface area contributed by atoms with Gasteiger partial charge in [-0.2, -0.15) is 0 Å². The van der Waals surface area contributed by atoms with E-state index in [0.717, 1.165) is 42.9 Å². The molecule has 2 bridgehead atoms. The average Bonchev–Trinajstić information content (AvgIpc) is 3.09. The second-order valence-electron chi connectivity index (χ2n) is 11.1. The summed E-state index contributed by atoms with van der Waals surface area (Å²) in [7, 11) is 0. The first-order chi connectivity index (χ1) is 14.6. The summed E-state index contributed by atoms with van der Waals surface area (Å²) in [5.74, 6) is 3.70. The Morgan fingerprint density at radius 1 is 1.17 bits per heavy atom. The molecule has 1 aromatic heterocycles. The van der Waals surface area contributed by atoms with E-state index in [-0.39, 0.29) is 5.54 Å². The molecule has 4 fully saturated rings. The third-order valence-corrected chi connectivity index (χ3v) is 15.0. The van der Waals surface area contributed by atoms with Crippen LogP contribution in [-0.4, -0.2) is 25.5 Å². The fourth-order valence-corrected chi connectivity index (χ4v) is 14.8. The summed E-state index contributed by atoms with van der Waals surface area (Å²) in [5.41, 5.74) is 10.4. The molecule has 5 aliphatic rings. The summed E-state index contributed by atoms with van der Waals surface area (Å²) in [5, 5.41) is 0. The van der Waals surface area contributed by atoms with Crippen LogP contribution in [0.4, 0.5) is 0 Å². The Morgan fingerprint density at radius 3 is 2.93 bits per heavy atom. The van der Waals surface area contributed by atoms with Crippen molar-refractivity contribution in [2.45, 2.75) is 98.1 Å². The molecule has 0 amide bonds. The monoisotopic (exact) mass is 470 g/mol. The number of hydrogen-bond acceptors (Lipinski definition) is 2. The molecule has 2 N–H and O–H groups in total. The number of nitrogens with zero attached hydrogens (tertiary/aromatic N) is 1. The molecule has 7 atom stereocenters.